The molecular formula is C67H52N6. The lowest BCUT2D eigenvalue weighted by Crippen LogP contribution is -2.31. The molecule has 0 fully saturated rings. The van der Waals surface area contributed by atoms with Crippen LogP contribution in [0.25, 0.3) is 99.8 Å². The number of fused-ring (bicyclic) bond motifs is 9. The largest absolute Gasteiger partial charge is 0.256 e. The second-order valence-electron chi connectivity index (χ2n) is 20.3. The van der Waals surface area contributed by atoms with Crippen molar-refractivity contribution in [3.63, 3.8) is 0 Å². The van der Waals surface area contributed by atoms with Gasteiger partial charge >= 0.3 is 0 Å². The molecule has 1 aliphatic rings. The lowest BCUT2D eigenvalue weighted by atomic mass is 9.64. The van der Waals surface area contributed by atoms with Crippen LogP contribution in [0.15, 0.2) is 170 Å². The van der Waals surface area contributed by atoms with Crippen LogP contribution in [-0.4, -0.2) is 29.9 Å². The molecule has 0 atom stereocenters. The van der Waals surface area contributed by atoms with Crippen molar-refractivity contribution in [2.24, 2.45) is 0 Å². The van der Waals surface area contributed by atoms with E-state index >= 15 is 0 Å². The highest BCUT2D eigenvalue weighted by atomic mass is 14.8. The number of rotatable bonds is 6. The molecule has 6 aromatic carbocycles. The second kappa shape index (κ2) is 16.7. The van der Waals surface area contributed by atoms with Crippen molar-refractivity contribution < 1.29 is 0 Å². The molecular weight excluding hydrogens is 889 g/mol. The molecule has 350 valence electrons. The smallest absolute Gasteiger partial charge is 0.0972 e. The van der Waals surface area contributed by atoms with Gasteiger partial charge in [0.05, 0.1) is 50.3 Å². The quantitative estimate of drug-likeness (QED) is 0.155. The van der Waals surface area contributed by atoms with Crippen LogP contribution < -0.4 is 0 Å². The molecule has 0 saturated heterocycles. The summed E-state index contributed by atoms with van der Waals surface area (Å²) in [6, 6.07) is 57.6. The topological polar surface area (TPSA) is 77.3 Å². The summed E-state index contributed by atoms with van der Waals surface area (Å²) < 4.78 is 0. The summed E-state index contributed by atoms with van der Waals surface area (Å²) in [5.74, 6) is 0. The van der Waals surface area contributed by atoms with Gasteiger partial charge in [0.1, 0.15) is 0 Å². The van der Waals surface area contributed by atoms with E-state index in [0.717, 1.165) is 122 Å². The number of hydrogen-bond acceptors (Lipinski definition) is 6. The van der Waals surface area contributed by atoms with Gasteiger partial charge in [0.2, 0.25) is 0 Å². The predicted octanol–water partition coefficient (Wildman–Crippen LogP) is 16.2. The van der Waals surface area contributed by atoms with E-state index in [1.807, 2.05) is 24.5 Å². The summed E-state index contributed by atoms with van der Waals surface area (Å²) in [4.78, 5) is 30.8. The number of nitrogens with zero attached hydrogens (tertiary/aromatic N) is 6. The van der Waals surface area contributed by atoms with Crippen LogP contribution >= 0.6 is 0 Å². The van der Waals surface area contributed by atoms with Gasteiger partial charge in [0, 0.05) is 67.6 Å². The van der Waals surface area contributed by atoms with Crippen molar-refractivity contribution in [1.82, 2.24) is 29.9 Å². The second-order valence-corrected chi connectivity index (χ2v) is 20.3. The first-order chi connectivity index (χ1) is 35.4. The lowest BCUT2D eigenvalue weighted by molar-refractivity contribution is 0.752. The van der Waals surface area contributed by atoms with E-state index in [9.17, 15) is 0 Å². The third kappa shape index (κ3) is 6.92. The first-order valence-electron chi connectivity index (χ1n) is 25.2. The number of aromatic nitrogens is 6. The van der Waals surface area contributed by atoms with Gasteiger partial charge in [-0.25, -0.2) is 9.97 Å². The molecule has 6 nitrogen and oxygen atoms in total. The zero-order chi connectivity index (χ0) is 49.9. The molecule has 0 unspecified atom stereocenters. The van der Waals surface area contributed by atoms with Gasteiger partial charge in [-0.15, -0.1) is 0 Å². The van der Waals surface area contributed by atoms with E-state index < -0.39 is 5.41 Å². The highest BCUT2D eigenvalue weighted by Gasteiger charge is 2.48. The average Bonchev–Trinajstić information content (AvgIpc) is 3.69. The highest BCUT2D eigenvalue weighted by Crippen LogP contribution is 2.59. The van der Waals surface area contributed by atoms with Gasteiger partial charge < -0.3 is 0 Å². The Kier molecular flexibility index (Phi) is 10.1. The van der Waals surface area contributed by atoms with Crippen molar-refractivity contribution in [1.29, 1.82) is 0 Å². The lowest BCUT2D eigenvalue weighted by Gasteiger charge is -2.37. The maximum Gasteiger partial charge on any atom is 0.0972 e. The van der Waals surface area contributed by atoms with E-state index in [4.69, 9.17) is 29.9 Å². The van der Waals surface area contributed by atoms with Gasteiger partial charge in [-0.3, -0.25) is 19.9 Å². The van der Waals surface area contributed by atoms with E-state index in [1.54, 1.807) is 0 Å². The Morgan fingerprint density at radius 1 is 0.301 bits per heavy atom. The monoisotopic (exact) mass is 940 g/mol. The molecule has 0 amide bonds. The van der Waals surface area contributed by atoms with Crippen LogP contribution in [0.5, 0.6) is 0 Å². The summed E-state index contributed by atoms with van der Waals surface area (Å²) in [6.45, 7) is 17.5. The third-order valence-corrected chi connectivity index (χ3v) is 15.5. The summed E-state index contributed by atoms with van der Waals surface area (Å²) in [5, 5.41) is 4.41. The predicted molar refractivity (Wildman–Crippen MR) is 300 cm³/mol. The Hall–Kier alpha value is -8.74. The van der Waals surface area contributed by atoms with Crippen LogP contribution in [0.1, 0.15) is 67.0 Å². The molecule has 0 N–H and O–H groups in total. The molecule has 6 aromatic heterocycles. The minimum absolute atomic E-state index is 0.779. The first kappa shape index (κ1) is 44.2. The fourth-order valence-electron chi connectivity index (χ4n) is 12.1. The fraction of sp³-hybridized carbons (Fsp3) is 0.134. The maximum atomic E-state index is 5.44. The van der Waals surface area contributed by atoms with Gasteiger partial charge in [-0.2, -0.15) is 0 Å². The molecule has 0 saturated carbocycles. The molecule has 0 spiro atoms. The number of hydrogen-bond donors (Lipinski definition) is 0. The van der Waals surface area contributed by atoms with E-state index in [1.165, 1.54) is 44.5 Å². The van der Waals surface area contributed by atoms with E-state index in [0.29, 0.717) is 0 Å². The minimum atomic E-state index is -0.779. The van der Waals surface area contributed by atoms with Crippen LogP contribution in [0, 0.1) is 55.4 Å². The maximum absolute atomic E-state index is 5.44. The molecule has 13 rings (SSSR count). The summed E-state index contributed by atoms with van der Waals surface area (Å²) >= 11 is 0. The minimum Gasteiger partial charge on any atom is -0.256 e. The SMILES string of the molecule is Cc1cc(C)c2ccc3ccc(-c4cc(C)c(C5(c6cc(C)c(-c7ccc8ccc9c(C)cc(C)nc9c8n7)cc6C)c6cc(-c7ccccn7)ccc6-c6ccc(-c7ccccn7)cc65)cc4C)nc3c2n1. The molecule has 0 radical (unpaired) electrons. The first-order valence-corrected chi connectivity index (χ1v) is 25.2. The van der Waals surface area contributed by atoms with Crippen molar-refractivity contribution in [2.45, 2.75) is 60.8 Å². The highest BCUT2D eigenvalue weighted by molar-refractivity contribution is 6.06. The molecule has 12 aromatic rings. The molecule has 0 aliphatic heterocycles. The molecule has 6 heterocycles. The Morgan fingerprint density at radius 2 is 0.740 bits per heavy atom. The van der Waals surface area contributed by atoms with Gasteiger partial charge in [-0.05, 0) is 195 Å². The van der Waals surface area contributed by atoms with Crippen molar-refractivity contribution in [3.8, 4) is 56.2 Å². The van der Waals surface area contributed by atoms with Crippen LogP contribution in [0.2, 0.25) is 0 Å². The van der Waals surface area contributed by atoms with Gasteiger partial charge in [-0.1, -0.05) is 84.9 Å². The van der Waals surface area contributed by atoms with Crippen molar-refractivity contribution >= 4 is 43.6 Å². The molecule has 73 heavy (non-hydrogen) atoms. The summed E-state index contributed by atoms with van der Waals surface area (Å²) in [5.41, 5.74) is 27.3. The van der Waals surface area contributed by atoms with Crippen molar-refractivity contribution in [3.05, 3.63) is 237 Å². The zero-order valence-electron chi connectivity index (χ0n) is 42.3. The van der Waals surface area contributed by atoms with Crippen LogP contribution in [0.3, 0.4) is 0 Å². The summed E-state index contributed by atoms with van der Waals surface area (Å²) in [6.07, 6.45) is 3.76. The number of benzene rings is 6. The standard InChI is InChI=1S/C67H52N6/c1-37-29-43(7)70-65-49(37)21-15-45-19-25-61(72-63(45)65)53-31-41(5)55(33-39(53)3)67(56-34-40(4)54(32-42(56)6)62-26-20-46-16-22-50-38(2)30-44(8)71-66(50)64(46)73-62)57-35-47(59-13-9-11-27-68-59)17-23-51(57)52-24-18-48(36-58(52)67)60-14-10-12-28-69-60/h9-36H,1-8H3. The van der Waals surface area contributed by atoms with Crippen molar-refractivity contribution in [2.75, 3.05) is 0 Å². The van der Waals surface area contributed by atoms with Crippen LogP contribution in [0.4, 0.5) is 0 Å². The summed E-state index contributed by atoms with van der Waals surface area (Å²) in [7, 11) is 0. The Balaban J connectivity index is 1.09. The fourth-order valence-corrected chi connectivity index (χ4v) is 12.1. The number of pyridine rings is 6. The van der Waals surface area contributed by atoms with Crippen LogP contribution in [-0.2, 0) is 5.41 Å². The normalized spacial score (nSPS) is 12.8. The molecule has 6 heteroatoms. The average molecular weight is 941 g/mol. The van der Waals surface area contributed by atoms with E-state index in [-0.39, 0.29) is 0 Å². The Morgan fingerprint density at radius 3 is 1.16 bits per heavy atom. The van der Waals surface area contributed by atoms with Gasteiger partial charge in [0.15, 0.2) is 0 Å². The Bertz CT molecular complexity index is 4010. The zero-order valence-corrected chi connectivity index (χ0v) is 42.3. The third-order valence-electron chi connectivity index (χ3n) is 15.5. The number of aryl methyl sites for hydroxylation is 8. The Labute approximate surface area is 425 Å². The molecule has 1 aliphatic carbocycles. The molecule has 0 bridgehead atoms. The van der Waals surface area contributed by atoms with Gasteiger partial charge in [0.25, 0.3) is 0 Å². The van der Waals surface area contributed by atoms with E-state index in [2.05, 4.69) is 201 Å².